The SMILES string of the molecule is CC(C)(C)OC(=O)NC(=NCc1ccccc1)NCc1ccccc1. The van der Waals surface area contributed by atoms with Gasteiger partial charge < -0.3 is 10.1 Å². The molecule has 0 heterocycles. The molecule has 0 aliphatic rings. The smallest absolute Gasteiger partial charge is 0.414 e. The van der Waals surface area contributed by atoms with Crippen LogP contribution in [0.3, 0.4) is 0 Å². The highest BCUT2D eigenvalue weighted by Gasteiger charge is 2.17. The predicted octanol–water partition coefficient (Wildman–Crippen LogP) is 3.86. The van der Waals surface area contributed by atoms with E-state index in [1.165, 1.54) is 0 Å². The molecule has 0 saturated carbocycles. The van der Waals surface area contributed by atoms with E-state index in [1.807, 2.05) is 81.4 Å². The average Bonchev–Trinajstić information content (AvgIpc) is 2.57. The Balaban J connectivity index is 2.03. The Hall–Kier alpha value is -2.82. The lowest BCUT2D eigenvalue weighted by molar-refractivity contribution is 0.0561. The third-order valence-corrected chi connectivity index (χ3v) is 3.18. The average molecular weight is 339 g/mol. The van der Waals surface area contributed by atoms with Crippen LogP contribution in [0.15, 0.2) is 65.7 Å². The highest BCUT2D eigenvalue weighted by atomic mass is 16.6. The molecule has 2 rings (SSSR count). The van der Waals surface area contributed by atoms with Crippen molar-refractivity contribution in [2.45, 2.75) is 39.5 Å². The van der Waals surface area contributed by atoms with Gasteiger partial charge in [-0.2, -0.15) is 0 Å². The van der Waals surface area contributed by atoms with E-state index in [4.69, 9.17) is 4.74 Å². The highest BCUT2D eigenvalue weighted by Crippen LogP contribution is 2.06. The number of guanidine groups is 1. The van der Waals surface area contributed by atoms with Crippen molar-refractivity contribution in [3.8, 4) is 0 Å². The van der Waals surface area contributed by atoms with Crippen molar-refractivity contribution in [1.82, 2.24) is 10.6 Å². The van der Waals surface area contributed by atoms with Gasteiger partial charge in [0.1, 0.15) is 5.60 Å². The highest BCUT2D eigenvalue weighted by molar-refractivity contribution is 5.94. The van der Waals surface area contributed by atoms with Crippen molar-refractivity contribution in [1.29, 1.82) is 0 Å². The molecule has 5 nitrogen and oxygen atoms in total. The summed E-state index contributed by atoms with van der Waals surface area (Å²) < 4.78 is 5.30. The second-order valence-corrected chi connectivity index (χ2v) is 6.62. The Bertz CT molecular complexity index is 692. The van der Waals surface area contributed by atoms with Gasteiger partial charge in [0.15, 0.2) is 0 Å². The maximum atomic E-state index is 12.0. The van der Waals surface area contributed by atoms with Gasteiger partial charge in [0.25, 0.3) is 0 Å². The number of rotatable bonds is 4. The van der Waals surface area contributed by atoms with Crippen molar-refractivity contribution in [3.63, 3.8) is 0 Å². The molecule has 2 aromatic rings. The number of carbonyl (C=O) groups is 1. The van der Waals surface area contributed by atoms with Gasteiger partial charge in [0, 0.05) is 6.54 Å². The summed E-state index contributed by atoms with van der Waals surface area (Å²) in [6.07, 6.45) is -0.528. The van der Waals surface area contributed by atoms with Crippen molar-refractivity contribution in [2.24, 2.45) is 4.99 Å². The number of hydrogen-bond acceptors (Lipinski definition) is 3. The minimum atomic E-state index is -0.561. The van der Waals surface area contributed by atoms with E-state index in [9.17, 15) is 4.79 Å². The molecule has 0 unspecified atom stereocenters. The van der Waals surface area contributed by atoms with Crippen LogP contribution < -0.4 is 10.6 Å². The standard InChI is InChI=1S/C20H25N3O2/c1-20(2,3)25-19(24)23-18(21-14-16-10-6-4-7-11-16)22-15-17-12-8-5-9-13-17/h4-13H,14-15H2,1-3H3,(H2,21,22,23,24). The molecule has 25 heavy (non-hydrogen) atoms. The quantitative estimate of drug-likeness (QED) is 0.657. The molecule has 0 spiro atoms. The van der Waals surface area contributed by atoms with Gasteiger partial charge in [-0.05, 0) is 31.9 Å². The first kappa shape index (κ1) is 18.5. The van der Waals surface area contributed by atoms with Gasteiger partial charge in [-0.1, -0.05) is 60.7 Å². The molecule has 0 aliphatic heterocycles. The largest absolute Gasteiger partial charge is 0.444 e. The second-order valence-electron chi connectivity index (χ2n) is 6.62. The summed E-state index contributed by atoms with van der Waals surface area (Å²) in [7, 11) is 0. The van der Waals surface area contributed by atoms with Crippen molar-refractivity contribution >= 4 is 12.1 Å². The number of amides is 1. The molecule has 0 atom stereocenters. The number of nitrogens with one attached hydrogen (secondary N) is 2. The van der Waals surface area contributed by atoms with E-state index in [1.54, 1.807) is 0 Å². The normalized spacial score (nSPS) is 11.7. The van der Waals surface area contributed by atoms with Crippen LogP contribution in [0.4, 0.5) is 4.79 Å². The Morgan fingerprint density at radius 1 is 0.960 bits per heavy atom. The summed E-state index contributed by atoms with van der Waals surface area (Å²) in [6.45, 7) is 6.50. The van der Waals surface area contributed by atoms with E-state index in [2.05, 4.69) is 15.6 Å². The maximum Gasteiger partial charge on any atom is 0.414 e. The van der Waals surface area contributed by atoms with Gasteiger partial charge in [0.2, 0.25) is 5.96 Å². The first-order valence-corrected chi connectivity index (χ1v) is 8.28. The molecule has 0 aliphatic carbocycles. The number of carbonyl (C=O) groups excluding carboxylic acids is 1. The molecule has 132 valence electrons. The van der Waals surface area contributed by atoms with Crippen molar-refractivity contribution < 1.29 is 9.53 Å². The predicted molar refractivity (Wildman–Crippen MR) is 100 cm³/mol. The molecule has 0 radical (unpaired) electrons. The lowest BCUT2D eigenvalue weighted by Gasteiger charge is -2.20. The van der Waals surface area contributed by atoms with Gasteiger partial charge in [-0.25, -0.2) is 9.79 Å². The lowest BCUT2D eigenvalue weighted by Crippen LogP contribution is -2.43. The van der Waals surface area contributed by atoms with Crippen LogP contribution in [0.1, 0.15) is 31.9 Å². The summed E-state index contributed by atoms with van der Waals surface area (Å²) >= 11 is 0. The molecule has 0 bridgehead atoms. The van der Waals surface area contributed by atoms with Crippen molar-refractivity contribution in [2.75, 3.05) is 0 Å². The van der Waals surface area contributed by atoms with Crippen LogP contribution in [0.2, 0.25) is 0 Å². The Morgan fingerprint density at radius 2 is 1.52 bits per heavy atom. The van der Waals surface area contributed by atoms with E-state index >= 15 is 0 Å². The van der Waals surface area contributed by atoms with Crippen LogP contribution in [-0.2, 0) is 17.8 Å². The third-order valence-electron chi connectivity index (χ3n) is 3.18. The van der Waals surface area contributed by atoms with Crippen LogP contribution in [0.25, 0.3) is 0 Å². The number of aliphatic imine (C=N–C) groups is 1. The fraction of sp³-hybridized carbons (Fsp3) is 0.300. The minimum absolute atomic E-state index is 0.391. The number of ether oxygens (including phenoxy) is 1. The van der Waals surface area contributed by atoms with Crippen LogP contribution in [0, 0.1) is 0 Å². The maximum absolute atomic E-state index is 12.0. The first-order chi connectivity index (χ1) is 11.9. The van der Waals surface area contributed by atoms with Crippen LogP contribution in [0.5, 0.6) is 0 Å². The number of nitrogens with zero attached hydrogens (tertiary/aromatic N) is 1. The van der Waals surface area contributed by atoms with E-state index in [-0.39, 0.29) is 0 Å². The fourth-order valence-electron chi connectivity index (χ4n) is 2.08. The lowest BCUT2D eigenvalue weighted by atomic mass is 10.2. The topological polar surface area (TPSA) is 62.7 Å². The van der Waals surface area contributed by atoms with Crippen LogP contribution >= 0.6 is 0 Å². The molecule has 0 fully saturated rings. The minimum Gasteiger partial charge on any atom is -0.444 e. The summed E-state index contributed by atoms with van der Waals surface area (Å²) in [5.41, 5.74) is 1.60. The zero-order valence-corrected chi connectivity index (χ0v) is 15.0. The second kappa shape index (κ2) is 8.87. The molecular formula is C20H25N3O2. The molecule has 0 saturated heterocycles. The molecule has 1 amide bonds. The molecule has 2 aromatic carbocycles. The summed E-state index contributed by atoms with van der Waals surface area (Å²) in [6, 6.07) is 19.8. The molecule has 2 N–H and O–H groups in total. The van der Waals surface area contributed by atoms with Gasteiger partial charge in [-0.15, -0.1) is 0 Å². The molecule has 0 aromatic heterocycles. The zero-order chi connectivity index (χ0) is 18.1. The van der Waals surface area contributed by atoms with E-state index < -0.39 is 11.7 Å². The molecule has 5 heteroatoms. The van der Waals surface area contributed by atoms with Crippen molar-refractivity contribution in [3.05, 3.63) is 71.8 Å². The summed E-state index contributed by atoms with van der Waals surface area (Å²) in [5, 5.41) is 5.85. The molecular weight excluding hydrogens is 314 g/mol. The monoisotopic (exact) mass is 339 g/mol. The van der Waals surface area contributed by atoms with E-state index in [0.717, 1.165) is 11.1 Å². The number of alkyl carbamates (subject to hydrolysis) is 1. The van der Waals surface area contributed by atoms with E-state index in [0.29, 0.717) is 19.0 Å². The Morgan fingerprint density at radius 3 is 2.08 bits per heavy atom. The Kier molecular flexibility index (Phi) is 6.57. The van der Waals surface area contributed by atoms with Gasteiger partial charge in [0.05, 0.1) is 6.54 Å². The zero-order valence-electron chi connectivity index (χ0n) is 15.0. The fourth-order valence-corrected chi connectivity index (χ4v) is 2.08. The van der Waals surface area contributed by atoms with Gasteiger partial charge in [-0.3, -0.25) is 5.32 Å². The van der Waals surface area contributed by atoms with Crippen LogP contribution in [-0.4, -0.2) is 17.7 Å². The first-order valence-electron chi connectivity index (χ1n) is 8.28. The summed E-state index contributed by atoms with van der Waals surface area (Å²) in [4.78, 5) is 16.5. The number of benzene rings is 2. The summed E-state index contributed by atoms with van der Waals surface area (Å²) in [5.74, 6) is 0.391. The van der Waals surface area contributed by atoms with Gasteiger partial charge >= 0.3 is 6.09 Å². The number of hydrogen-bond donors (Lipinski definition) is 2. The third kappa shape index (κ3) is 7.52. The Labute approximate surface area is 149 Å².